The van der Waals surface area contributed by atoms with Crippen molar-refractivity contribution >= 4 is 11.7 Å². The molecule has 1 N–H and O–H groups in total. The SMILES string of the molecule is CCNc1nccc(C(=O)N2CCCC(C)(C)C2)c1F. The first kappa shape index (κ1) is 14.8. The maximum Gasteiger partial charge on any atom is 0.257 e. The third-order valence-electron chi connectivity index (χ3n) is 3.65. The highest BCUT2D eigenvalue weighted by Crippen LogP contribution is 2.29. The molecule has 5 heteroatoms. The molecule has 0 radical (unpaired) electrons. The highest BCUT2D eigenvalue weighted by Gasteiger charge is 2.31. The maximum atomic E-state index is 14.3. The van der Waals surface area contributed by atoms with Gasteiger partial charge in [0.1, 0.15) is 0 Å². The van der Waals surface area contributed by atoms with Crippen molar-refractivity contribution in [3.63, 3.8) is 0 Å². The normalized spacial score (nSPS) is 17.9. The fourth-order valence-electron chi connectivity index (χ4n) is 2.67. The number of halogens is 1. The molecule has 2 rings (SSSR count). The molecule has 110 valence electrons. The van der Waals surface area contributed by atoms with Crippen molar-refractivity contribution in [2.24, 2.45) is 5.41 Å². The molecule has 4 nitrogen and oxygen atoms in total. The predicted octanol–water partition coefficient (Wildman–Crippen LogP) is 2.91. The van der Waals surface area contributed by atoms with Crippen LogP contribution in [0.4, 0.5) is 10.2 Å². The van der Waals surface area contributed by atoms with Crippen LogP contribution in [0.3, 0.4) is 0 Å². The van der Waals surface area contributed by atoms with Crippen LogP contribution in [-0.2, 0) is 0 Å². The minimum atomic E-state index is -0.553. The van der Waals surface area contributed by atoms with Gasteiger partial charge < -0.3 is 10.2 Å². The van der Waals surface area contributed by atoms with Gasteiger partial charge in [-0.2, -0.15) is 0 Å². The van der Waals surface area contributed by atoms with Crippen molar-refractivity contribution in [3.05, 3.63) is 23.6 Å². The number of likely N-dealkylation sites (tertiary alicyclic amines) is 1. The summed E-state index contributed by atoms with van der Waals surface area (Å²) in [5.74, 6) is -0.644. The minimum Gasteiger partial charge on any atom is -0.368 e. The number of rotatable bonds is 3. The van der Waals surface area contributed by atoms with Crippen molar-refractivity contribution in [3.8, 4) is 0 Å². The standard InChI is InChI=1S/C15H22FN3O/c1-4-17-13-12(16)11(6-8-18-13)14(20)19-9-5-7-15(2,3)10-19/h6,8H,4-5,7,9-10H2,1-3H3,(H,17,18). The summed E-state index contributed by atoms with van der Waals surface area (Å²) >= 11 is 0. The Morgan fingerprint density at radius 1 is 1.55 bits per heavy atom. The number of carbonyl (C=O) groups is 1. The van der Waals surface area contributed by atoms with Crippen molar-refractivity contribution < 1.29 is 9.18 Å². The van der Waals surface area contributed by atoms with E-state index in [1.54, 1.807) is 4.90 Å². The number of carbonyl (C=O) groups excluding carboxylic acids is 1. The van der Waals surface area contributed by atoms with Crippen LogP contribution >= 0.6 is 0 Å². The Morgan fingerprint density at radius 3 is 2.95 bits per heavy atom. The lowest BCUT2D eigenvalue weighted by atomic mass is 9.84. The molecule has 20 heavy (non-hydrogen) atoms. The molecule has 0 bridgehead atoms. The average Bonchev–Trinajstić information content (AvgIpc) is 2.39. The molecule has 1 amide bonds. The number of piperidine rings is 1. The minimum absolute atomic E-state index is 0.0991. The molecule has 0 spiro atoms. The molecule has 0 saturated carbocycles. The Labute approximate surface area is 119 Å². The van der Waals surface area contributed by atoms with Crippen LogP contribution in [0.5, 0.6) is 0 Å². The number of nitrogens with zero attached hydrogens (tertiary/aromatic N) is 2. The molecule has 1 aliphatic heterocycles. The van der Waals surface area contributed by atoms with Gasteiger partial charge in [0.2, 0.25) is 0 Å². The summed E-state index contributed by atoms with van der Waals surface area (Å²) in [6.45, 7) is 8.07. The van der Waals surface area contributed by atoms with Crippen molar-refractivity contribution in [2.75, 3.05) is 25.0 Å². The smallest absolute Gasteiger partial charge is 0.257 e. The summed E-state index contributed by atoms with van der Waals surface area (Å²) in [5, 5.41) is 2.83. The van der Waals surface area contributed by atoms with Gasteiger partial charge in [-0.3, -0.25) is 4.79 Å². The molecule has 0 atom stereocenters. The Hall–Kier alpha value is -1.65. The fraction of sp³-hybridized carbons (Fsp3) is 0.600. The van der Waals surface area contributed by atoms with Gasteiger partial charge in [0.15, 0.2) is 11.6 Å². The molecular weight excluding hydrogens is 257 g/mol. The zero-order valence-corrected chi connectivity index (χ0v) is 12.4. The molecular formula is C15H22FN3O. The van der Waals surface area contributed by atoms with Crippen LogP contribution < -0.4 is 5.32 Å². The summed E-state index contributed by atoms with van der Waals surface area (Å²) in [4.78, 5) is 18.2. The van der Waals surface area contributed by atoms with Crippen LogP contribution in [0, 0.1) is 11.2 Å². The zero-order chi connectivity index (χ0) is 14.8. The number of aromatic nitrogens is 1. The monoisotopic (exact) mass is 279 g/mol. The molecule has 1 aromatic rings. The summed E-state index contributed by atoms with van der Waals surface area (Å²) in [5.41, 5.74) is 0.204. The Bertz CT molecular complexity index is 502. The number of nitrogens with one attached hydrogen (secondary N) is 1. The van der Waals surface area contributed by atoms with Crippen molar-refractivity contribution in [2.45, 2.75) is 33.6 Å². The molecule has 0 unspecified atom stereocenters. The van der Waals surface area contributed by atoms with E-state index in [1.165, 1.54) is 12.3 Å². The molecule has 2 heterocycles. The summed E-state index contributed by atoms with van der Waals surface area (Å²) in [6, 6.07) is 1.46. The van der Waals surface area contributed by atoms with Gasteiger partial charge in [0, 0.05) is 25.8 Å². The van der Waals surface area contributed by atoms with E-state index < -0.39 is 5.82 Å². The van der Waals surface area contributed by atoms with Gasteiger partial charge in [-0.15, -0.1) is 0 Å². The molecule has 1 fully saturated rings. The van der Waals surface area contributed by atoms with E-state index in [0.29, 0.717) is 19.6 Å². The lowest BCUT2D eigenvalue weighted by Gasteiger charge is -2.38. The van der Waals surface area contributed by atoms with E-state index in [1.807, 2.05) is 6.92 Å². The lowest BCUT2D eigenvalue weighted by molar-refractivity contribution is 0.0579. The molecule has 1 aromatic heterocycles. The maximum absolute atomic E-state index is 14.3. The second-order valence-corrected chi connectivity index (χ2v) is 6.05. The Kier molecular flexibility index (Phi) is 4.26. The largest absolute Gasteiger partial charge is 0.368 e. The van der Waals surface area contributed by atoms with E-state index in [0.717, 1.165) is 12.8 Å². The Morgan fingerprint density at radius 2 is 2.30 bits per heavy atom. The second kappa shape index (κ2) is 5.77. The Balaban J connectivity index is 2.23. The van der Waals surface area contributed by atoms with Gasteiger partial charge in [0.05, 0.1) is 5.56 Å². The van der Waals surface area contributed by atoms with Gasteiger partial charge in [0.25, 0.3) is 5.91 Å². The van der Waals surface area contributed by atoms with Crippen LogP contribution in [0.1, 0.15) is 44.0 Å². The molecule has 0 aromatic carbocycles. The average molecular weight is 279 g/mol. The first-order chi connectivity index (χ1) is 9.44. The first-order valence-corrected chi connectivity index (χ1v) is 7.12. The third kappa shape index (κ3) is 3.08. The van der Waals surface area contributed by atoms with E-state index in [2.05, 4.69) is 24.1 Å². The number of hydrogen-bond donors (Lipinski definition) is 1. The van der Waals surface area contributed by atoms with Gasteiger partial charge in [-0.05, 0) is 31.2 Å². The predicted molar refractivity (Wildman–Crippen MR) is 77.3 cm³/mol. The number of amides is 1. The van der Waals surface area contributed by atoms with Crippen LogP contribution in [0.2, 0.25) is 0 Å². The highest BCUT2D eigenvalue weighted by molar-refractivity contribution is 5.95. The summed E-state index contributed by atoms with van der Waals surface area (Å²) in [7, 11) is 0. The summed E-state index contributed by atoms with van der Waals surface area (Å²) < 4.78 is 14.3. The van der Waals surface area contributed by atoms with E-state index >= 15 is 0 Å². The van der Waals surface area contributed by atoms with Crippen LogP contribution in [0.15, 0.2) is 12.3 Å². The van der Waals surface area contributed by atoms with E-state index in [-0.39, 0.29) is 22.7 Å². The van der Waals surface area contributed by atoms with E-state index in [9.17, 15) is 9.18 Å². The van der Waals surface area contributed by atoms with Gasteiger partial charge >= 0.3 is 0 Å². The van der Waals surface area contributed by atoms with Crippen molar-refractivity contribution in [1.82, 2.24) is 9.88 Å². The van der Waals surface area contributed by atoms with Crippen LogP contribution in [-0.4, -0.2) is 35.4 Å². The topological polar surface area (TPSA) is 45.2 Å². The summed E-state index contributed by atoms with van der Waals surface area (Å²) in [6.07, 6.45) is 3.53. The van der Waals surface area contributed by atoms with Gasteiger partial charge in [-0.1, -0.05) is 13.8 Å². The quantitative estimate of drug-likeness (QED) is 0.925. The number of hydrogen-bond acceptors (Lipinski definition) is 3. The number of pyridine rings is 1. The zero-order valence-electron chi connectivity index (χ0n) is 12.4. The van der Waals surface area contributed by atoms with Gasteiger partial charge in [-0.25, -0.2) is 9.37 Å². The van der Waals surface area contributed by atoms with E-state index in [4.69, 9.17) is 0 Å². The second-order valence-electron chi connectivity index (χ2n) is 6.05. The number of anilines is 1. The lowest BCUT2D eigenvalue weighted by Crippen LogP contribution is -2.43. The molecule has 1 aliphatic rings. The first-order valence-electron chi connectivity index (χ1n) is 7.12. The van der Waals surface area contributed by atoms with Crippen molar-refractivity contribution in [1.29, 1.82) is 0 Å². The fourth-order valence-corrected chi connectivity index (χ4v) is 2.67. The molecule has 0 aliphatic carbocycles. The highest BCUT2D eigenvalue weighted by atomic mass is 19.1. The van der Waals surface area contributed by atoms with Crippen LogP contribution in [0.25, 0.3) is 0 Å². The molecule has 1 saturated heterocycles. The third-order valence-corrected chi connectivity index (χ3v) is 3.65.